The number of aliphatic hydroxyl groups excluding tert-OH is 1. The van der Waals surface area contributed by atoms with E-state index in [0.717, 1.165) is 49.7 Å². The molecule has 3 aliphatic rings. The molecular weight excluding hydrogens is 508 g/mol. The van der Waals surface area contributed by atoms with E-state index in [2.05, 4.69) is 52.7 Å². The highest BCUT2D eigenvalue weighted by Crippen LogP contribution is 2.43. The number of nitrogens with zero attached hydrogens (tertiary/aromatic N) is 1. The first-order chi connectivity index (χ1) is 19.6. The number of rotatable bonds is 14. The number of hydrogen-bond donors (Lipinski definition) is 2. The summed E-state index contributed by atoms with van der Waals surface area (Å²) in [5.74, 6) is 1.60. The van der Waals surface area contributed by atoms with Crippen molar-refractivity contribution in [3.05, 3.63) is 59.2 Å². The summed E-state index contributed by atoms with van der Waals surface area (Å²) in [6.07, 6.45) is 2.91. The molecule has 0 amide bonds. The predicted molar refractivity (Wildman–Crippen MR) is 155 cm³/mol. The molecule has 2 aromatic rings. The third-order valence-electron chi connectivity index (χ3n) is 8.22. The van der Waals surface area contributed by atoms with Gasteiger partial charge in [-0.1, -0.05) is 30.3 Å². The summed E-state index contributed by atoms with van der Waals surface area (Å²) < 4.78 is 29.9. The summed E-state index contributed by atoms with van der Waals surface area (Å²) in [4.78, 5) is 2.38. The van der Waals surface area contributed by atoms with Crippen molar-refractivity contribution in [2.24, 2.45) is 5.92 Å². The Morgan fingerprint density at radius 1 is 1.05 bits per heavy atom. The van der Waals surface area contributed by atoms with Crippen LogP contribution in [0.1, 0.15) is 54.9 Å². The second-order valence-electron chi connectivity index (χ2n) is 11.4. The Morgan fingerprint density at radius 3 is 2.52 bits per heavy atom. The van der Waals surface area contributed by atoms with Gasteiger partial charge in [0.2, 0.25) is 0 Å². The second-order valence-corrected chi connectivity index (χ2v) is 11.4. The highest BCUT2D eigenvalue weighted by atomic mass is 16.5. The van der Waals surface area contributed by atoms with E-state index in [-0.39, 0.29) is 24.2 Å². The maximum atomic E-state index is 9.91. The van der Waals surface area contributed by atoms with Gasteiger partial charge in [-0.25, -0.2) is 0 Å². The summed E-state index contributed by atoms with van der Waals surface area (Å²) in [7, 11) is 3.55. The number of nitrogens with one attached hydrogen (secondary N) is 1. The Balaban J connectivity index is 1.31. The van der Waals surface area contributed by atoms with E-state index in [0.29, 0.717) is 32.3 Å². The fourth-order valence-electron chi connectivity index (χ4n) is 6.03. The third-order valence-corrected chi connectivity index (χ3v) is 8.22. The largest absolute Gasteiger partial charge is 0.490 e. The smallest absolute Gasteiger partial charge is 0.142 e. The maximum absolute atomic E-state index is 9.91. The van der Waals surface area contributed by atoms with E-state index in [1.54, 1.807) is 21.1 Å². The molecule has 2 heterocycles. The van der Waals surface area contributed by atoms with Gasteiger partial charge in [0.25, 0.3) is 0 Å². The number of ether oxygens (including phenoxy) is 5. The highest BCUT2D eigenvalue weighted by Gasteiger charge is 2.37. The number of benzene rings is 2. The topological polar surface area (TPSA) is 81.7 Å². The fraction of sp³-hybridized carbons (Fsp3) is 0.625. The van der Waals surface area contributed by atoms with E-state index in [4.69, 9.17) is 23.7 Å². The zero-order valence-corrected chi connectivity index (χ0v) is 24.2. The summed E-state index contributed by atoms with van der Waals surface area (Å²) in [6.45, 7) is 7.26. The van der Waals surface area contributed by atoms with E-state index in [1.165, 1.54) is 24.0 Å². The summed E-state index contributed by atoms with van der Waals surface area (Å²) in [5.41, 5.74) is 4.67. The van der Waals surface area contributed by atoms with Crippen molar-refractivity contribution < 1.29 is 28.8 Å². The molecule has 5 atom stereocenters. The molecule has 8 heteroatoms. The van der Waals surface area contributed by atoms with Gasteiger partial charge in [0, 0.05) is 46.4 Å². The molecule has 1 saturated carbocycles. The number of hydrogen-bond acceptors (Lipinski definition) is 8. The molecule has 40 heavy (non-hydrogen) atoms. The first-order valence-electron chi connectivity index (χ1n) is 14.8. The van der Waals surface area contributed by atoms with Crippen molar-refractivity contribution >= 4 is 5.69 Å². The normalized spacial score (nSPS) is 24.3. The number of methoxy groups -OCH3 is 2. The Bertz CT molecular complexity index is 1060. The number of piperidine rings is 1. The zero-order chi connectivity index (χ0) is 27.9. The second kappa shape index (κ2) is 14.1. The van der Waals surface area contributed by atoms with Crippen LogP contribution in [-0.2, 0) is 25.6 Å². The van der Waals surface area contributed by atoms with Gasteiger partial charge in [-0.3, -0.25) is 0 Å². The molecule has 0 spiro atoms. The lowest BCUT2D eigenvalue weighted by Gasteiger charge is -2.39. The molecule has 2 aliphatic heterocycles. The van der Waals surface area contributed by atoms with Crippen molar-refractivity contribution in [3.63, 3.8) is 0 Å². The SMILES string of the molecule is COCCCN1CCOc2ccc(CO[C@H]3CNC[C@@H](OCC(C)O)[C@@H]3c3ccc([C@H](OC)C4CC4)cc3)cc21. The zero-order valence-electron chi connectivity index (χ0n) is 24.2. The van der Waals surface area contributed by atoms with Crippen molar-refractivity contribution in [1.82, 2.24) is 5.32 Å². The molecule has 2 aromatic carbocycles. The monoisotopic (exact) mass is 554 g/mol. The molecule has 1 unspecified atom stereocenters. The van der Waals surface area contributed by atoms with Crippen molar-refractivity contribution in [2.45, 2.75) is 63.1 Å². The molecule has 0 radical (unpaired) electrons. The predicted octanol–water partition coefficient (Wildman–Crippen LogP) is 4.06. The number of anilines is 1. The van der Waals surface area contributed by atoms with Crippen LogP contribution in [-0.4, -0.2) is 83.6 Å². The quantitative estimate of drug-likeness (QED) is 0.339. The molecule has 0 bridgehead atoms. The van der Waals surface area contributed by atoms with Crippen LogP contribution in [0.5, 0.6) is 5.75 Å². The van der Waals surface area contributed by atoms with E-state index < -0.39 is 6.10 Å². The van der Waals surface area contributed by atoms with Crippen molar-refractivity contribution in [3.8, 4) is 5.75 Å². The Hall–Kier alpha value is -2.20. The van der Waals surface area contributed by atoms with E-state index >= 15 is 0 Å². The van der Waals surface area contributed by atoms with Crippen LogP contribution in [0.2, 0.25) is 0 Å². The average molecular weight is 555 g/mol. The van der Waals surface area contributed by atoms with Gasteiger partial charge in [0.15, 0.2) is 0 Å². The summed E-state index contributed by atoms with van der Waals surface area (Å²) in [6, 6.07) is 15.2. The minimum Gasteiger partial charge on any atom is -0.490 e. The first-order valence-corrected chi connectivity index (χ1v) is 14.8. The standard InChI is InChI=1S/C32H46N2O6/c1-22(35)20-39-29-18-33-19-30(31(29)24-6-8-25(9-7-24)32(37-3)26-10-11-26)40-21-23-5-12-28-27(17-23)34(14-16-38-28)13-4-15-36-2/h5-9,12,17,22,26,29-33,35H,4,10-11,13-16,18-21H2,1-3H3/t22?,29-,30+,31+,32+/m1/s1. The molecule has 5 rings (SSSR count). The van der Waals surface area contributed by atoms with Gasteiger partial charge >= 0.3 is 0 Å². The van der Waals surface area contributed by atoms with Crippen LogP contribution in [0.25, 0.3) is 0 Å². The van der Waals surface area contributed by atoms with Gasteiger partial charge in [0.05, 0.1) is 49.9 Å². The van der Waals surface area contributed by atoms with Crippen LogP contribution in [0.3, 0.4) is 0 Å². The highest BCUT2D eigenvalue weighted by molar-refractivity contribution is 5.61. The molecule has 2 N–H and O–H groups in total. The van der Waals surface area contributed by atoms with Gasteiger partial charge in [-0.05, 0) is 60.9 Å². The Kier molecular flexibility index (Phi) is 10.3. The molecule has 220 valence electrons. The van der Waals surface area contributed by atoms with Crippen LogP contribution in [0, 0.1) is 5.92 Å². The van der Waals surface area contributed by atoms with Gasteiger partial charge in [-0.2, -0.15) is 0 Å². The molecule has 2 fully saturated rings. The lowest BCUT2D eigenvalue weighted by atomic mass is 9.84. The van der Waals surface area contributed by atoms with E-state index in [1.807, 2.05) is 0 Å². The minimum atomic E-state index is -0.519. The molecule has 1 aliphatic carbocycles. The lowest BCUT2D eigenvalue weighted by molar-refractivity contribution is -0.0752. The third kappa shape index (κ3) is 7.35. The Morgan fingerprint density at radius 2 is 1.82 bits per heavy atom. The van der Waals surface area contributed by atoms with Gasteiger partial charge in [0.1, 0.15) is 12.4 Å². The lowest BCUT2D eigenvalue weighted by Crippen LogP contribution is -2.51. The number of aliphatic hydroxyl groups is 1. The molecular formula is C32H46N2O6. The Labute approximate surface area is 238 Å². The molecule has 0 aromatic heterocycles. The van der Waals surface area contributed by atoms with Crippen LogP contribution >= 0.6 is 0 Å². The van der Waals surface area contributed by atoms with Crippen LogP contribution in [0.15, 0.2) is 42.5 Å². The van der Waals surface area contributed by atoms with Gasteiger partial charge in [-0.15, -0.1) is 0 Å². The minimum absolute atomic E-state index is 0.0440. The first kappa shape index (κ1) is 29.3. The van der Waals surface area contributed by atoms with E-state index in [9.17, 15) is 5.11 Å². The average Bonchev–Trinajstić information content (AvgIpc) is 3.81. The van der Waals surface area contributed by atoms with Crippen LogP contribution in [0.4, 0.5) is 5.69 Å². The molecule has 1 saturated heterocycles. The number of fused-ring (bicyclic) bond motifs is 1. The summed E-state index contributed by atoms with van der Waals surface area (Å²) in [5, 5.41) is 13.4. The van der Waals surface area contributed by atoms with Crippen LogP contribution < -0.4 is 15.0 Å². The van der Waals surface area contributed by atoms with Crippen molar-refractivity contribution in [1.29, 1.82) is 0 Å². The van der Waals surface area contributed by atoms with Crippen molar-refractivity contribution in [2.75, 3.05) is 65.1 Å². The van der Waals surface area contributed by atoms with Gasteiger partial charge < -0.3 is 39.0 Å². The fourth-order valence-corrected chi connectivity index (χ4v) is 6.03. The summed E-state index contributed by atoms with van der Waals surface area (Å²) >= 11 is 0. The maximum Gasteiger partial charge on any atom is 0.142 e. The molecule has 8 nitrogen and oxygen atoms in total.